The van der Waals surface area contributed by atoms with Gasteiger partial charge in [-0.05, 0) is 6.92 Å². The lowest BCUT2D eigenvalue weighted by molar-refractivity contribution is -0.140. The van der Waals surface area contributed by atoms with Gasteiger partial charge in [0.2, 0.25) is 0 Å². The molecule has 0 amide bonds. The first-order chi connectivity index (χ1) is 6.22. The number of esters is 1. The molecule has 0 saturated heterocycles. The average Bonchev–Trinajstić information content (AvgIpc) is 2.49. The van der Waals surface area contributed by atoms with Crippen LogP contribution in [0, 0.1) is 0 Å². The van der Waals surface area contributed by atoms with Crippen LogP contribution in [0.3, 0.4) is 0 Å². The molecule has 2 N–H and O–H groups in total. The van der Waals surface area contributed by atoms with E-state index in [0.717, 1.165) is 11.3 Å². The maximum absolute atomic E-state index is 10.8. The molecule has 0 aliphatic heterocycles. The van der Waals surface area contributed by atoms with Crippen molar-refractivity contribution in [2.24, 2.45) is 0 Å². The second kappa shape index (κ2) is 4.66. The summed E-state index contributed by atoms with van der Waals surface area (Å²) in [6, 6.07) is 0. The summed E-state index contributed by atoms with van der Waals surface area (Å²) in [5, 5.41) is 4.34. The van der Waals surface area contributed by atoms with Crippen LogP contribution in [-0.2, 0) is 9.53 Å². The lowest BCUT2D eigenvalue weighted by Gasteiger charge is -2.02. The predicted octanol–water partition coefficient (Wildman–Crippen LogP) is 0.411. The largest absolute Gasteiger partial charge is 0.465 e. The Kier molecular flexibility index (Phi) is 3.51. The minimum Gasteiger partial charge on any atom is -0.465 e. The number of ether oxygens (including phenoxy) is 1. The molecule has 0 aliphatic rings. The van der Waals surface area contributed by atoms with Crippen molar-refractivity contribution in [1.29, 1.82) is 0 Å². The third-order valence-electron chi connectivity index (χ3n) is 1.25. The van der Waals surface area contributed by atoms with Crippen LogP contribution in [0.25, 0.3) is 0 Å². The van der Waals surface area contributed by atoms with Gasteiger partial charge in [-0.15, -0.1) is 0 Å². The molecule has 72 valence electrons. The Morgan fingerprint density at radius 3 is 3.08 bits per heavy atom. The molecule has 0 atom stereocenters. The van der Waals surface area contributed by atoms with Crippen molar-refractivity contribution in [3.05, 3.63) is 15.0 Å². The highest BCUT2D eigenvalue weighted by molar-refractivity contribution is 7.07. The van der Waals surface area contributed by atoms with Gasteiger partial charge in [0.25, 0.3) is 0 Å². The predicted molar refractivity (Wildman–Crippen MR) is 50.1 cm³/mol. The molecule has 0 aliphatic carbocycles. The number of nitrogens with one attached hydrogen (secondary N) is 2. The van der Waals surface area contributed by atoms with Crippen LogP contribution in [0.2, 0.25) is 0 Å². The van der Waals surface area contributed by atoms with E-state index in [1.54, 1.807) is 12.3 Å². The van der Waals surface area contributed by atoms with Crippen molar-refractivity contribution >= 4 is 23.1 Å². The summed E-state index contributed by atoms with van der Waals surface area (Å²) in [7, 11) is 0. The van der Waals surface area contributed by atoms with Gasteiger partial charge in [-0.3, -0.25) is 14.6 Å². The zero-order chi connectivity index (χ0) is 9.68. The van der Waals surface area contributed by atoms with Crippen molar-refractivity contribution in [2.75, 3.05) is 18.5 Å². The van der Waals surface area contributed by atoms with Crippen LogP contribution in [0.1, 0.15) is 6.92 Å². The van der Waals surface area contributed by atoms with Crippen LogP contribution < -0.4 is 10.2 Å². The molecule has 0 fully saturated rings. The minimum atomic E-state index is -0.338. The lowest BCUT2D eigenvalue weighted by atomic mass is 10.6. The van der Waals surface area contributed by atoms with Gasteiger partial charge < -0.3 is 10.1 Å². The molecule has 0 bridgehead atoms. The molecule has 1 aromatic rings. The maximum Gasteiger partial charge on any atom is 0.325 e. The number of H-pyrrole nitrogens is 1. The molecule has 6 heteroatoms. The van der Waals surface area contributed by atoms with Crippen molar-refractivity contribution in [3.63, 3.8) is 0 Å². The Morgan fingerprint density at radius 1 is 1.77 bits per heavy atom. The Labute approximate surface area is 78.7 Å². The smallest absolute Gasteiger partial charge is 0.325 e. The highest BCUT2D eigenvalue weighted by atomic mass is 32.1. The number of aromatic nitrogens is 1. The fraction of sp³-hybridized carbons (Fsp3) is 0.429. The summed E-state index contributed by atoms with van der Waals surface area (Å²) >= 11 is 1.04. The Bertz CT molecular complexity index is 330. The fourth-order valence-electron chi connectivity index (χ4n) is 0.747. The first-order valence-corrected chi connectivity index (χ1v) is 4.67. The summed E-state index contributed by atoms with van der Waals surface area (Å²) in [6.45, 7) is 2.17. The molecule has 0 unspecified atom stereocenters. The molecular formula is C7H10N2O3S. The average molecular weight is 202 g/mol. The second-order valence-corrected chi connectivity index (χ2v) is 3.06. The van der Waals surface area contributed by atoms with Crippen LogP contribution in [0.5, 0.6) is 0 Å². The molecule has 1 heterocycles. The van der Waals surface area contributed by atoms with Gasteiger partial charge in [0.15, 0.2) is 0 Å². The Balaban J connectivity index is 2.35. The second-order valence-electron chi connectivity index (χ2n) is 2.22. The van der Waals surface area contributed by atoms with Crippen molar-refractivity contribution in [2.45, 2.75) is 6.92 Å². The summed E-state index contributed by atoms with van der Waals surface area (Å²) in [5.74, 6) is 0.206. The molecule has 13 heavy (non-hydrogen) atoms. The molecular weight excluding hydrogens is 192 g/mol. The zero-order valence-corrected chi connectivity index (χ0v) is 7.94. The highest BCUT2D eigenvalue weighted by Gasteiger charge is 2.01. The molecule has 5 nitrogen and oxygen atoms in total. The molecule has 1 aromatic heterocycles. The number of carbonyl (C=O) groups is 1. The van der Waals surface area contributed by atoms with E-state index in [-0.39, 0.29) is 17.4 Å². The molecule has 0 radical (unpaired) electrons. The van der Waals surface area contributed by atoms with Crippen LogP contribution in [0.4, 0.5) is 5.82 Å². The number of hydrogen-bond donors (Lipinski definition) is 2. The van der Waals surface area contributed by atoms with Crippen LogP contribution >= 0.6 is 11.3 Å². The van der Waals surface area contributed by atoms with Gasteiger partial charge in [-0.25, -0.2) is 0 Å². The van der Waals surface area contributed by atoms with E-state index in [1.165, 1.54) is 0 Å². The molecule has 0 aromatic carbocycles. The zero-order valence-electron chi connectivity index (χ0n) is 7.12. The fourth-order valence-corrected chi connectivity index (χ4v) is 1.28. The topological polar surface area (TPSA) is 71.2 Å². The maximum atomic E-state index is 10.8. The molecule has 1 rings (SSSR count). The monoisotopic (exact) mass is 202 g/mol. The van der Waals surface area contributed by atoms with Crippen molar-refractivity contribution in [3.8, 4) is 0 Å². The van der Waals surface area contributed by atoms with E-state index >= 15 is 0 Å². The summed E-state index contributed by atoms with van der Waals surface area (Å²) < 4.78 is 4.68. The van der Waals surface area contributed by atoms with Gasteiger partial charge in [0, 0.05) is 5.38 Å². The number of thiazole rings is 1. The third-order valence-corrected chi connectivity index (χ3v) is 1.92. The van der Waals surface area contributed by atoms with Gasteiger partial charge in [0.05, 0.1) is 6.61 Å². The van der Waals surface area contributed by atoms with Gasteiger partial charge >= 0.3 is 10.8 Å². The first kappa shape index (κ1) is 9.79. The minimum absolute atomic E-state index is 0.0700. The van der Waals surface area contributed by atoms with Crippen LogP contribution in [-0.4, -0.2) is 24.1 Å². The number of aromatic amines is 1. The Hall–Kier alpha value is -1.30. The standard InChI is InChI=1S/C7H10N2O3S/c1-2-12-6(10)3-8-5-4-13-7(11)9-5/h4,8H,2-3H2,1H3,(H,9,11). The van der Waals surface area contributed by atoms with E-state index in [0.29, 0.717) is 12.4 Å². The van der Waals surface area contributed by atoms with Crippen molar-refractivity contribution < 1.29 is 9.53 Å². The van der Waals surface area contributed by atoms with E-state index < -0.39 is 0 Å². The first-order valence-electron chi connectivity index (χ1n) is 3.79. The van der Waals surface area contributed by atoms with Crippen molar-refractivity contribution in [1.82, 2.24) is 4.98 Å². The number of carbonyl (C=O) groups excluding carboxylic acids is 1. The summed E-state index contributed by atoms with van der Waals surface area (Å²) in [4.78, 5) is 23.9. The lowest BCUT2D eigenvalue weighted by Crippen LogP contribution is -2.17. The van der Waals surface area contributed by atoms with Gasteiger partial charge in [-0.1, -0.05) is 11.3 Å². The van der Waals surface area contributed by atoms with Crippen LogP contribution in [0.15, 0.2) is 10.2 Å². The normalized spacial score (nSPS) is 9.62. The SMILES string of the molecule is CCOC(=O)CNc1csc(=O)[nH]1. The summed E-state index contributed by atoms with van der Waals surface area (Å²) in [6.07, 6.45) is 0. The van der Waals surface area contributed by atoms with E-state index in [9.17, 15) is 9.59 Å². The van der Waals surface area contributed by atoms with Gasteiger partial charge in [0.1, 0.15) is 12.4 Å². The number of rotatable bonds is 4. The molecule has 0 spiro atoms. The summed E-state index contributed by atoms with van der Waals surface area (Å²) in [5.41, 5.74) is 0. The van der Waals surface area contributed by atoms with E-state index in [4.69, 9.17) is 0 Å². The van der Waals surface area contributed by atoms with E-state index in [2.05, 4.69) is 15.0 Å². The highest BCUT2D eigenvalue weighted by Crippen LogP contribution is 2.00. The number of hydrogen-bond acceptors (Lipinski definition) is 5. The van der Waals surface area contributed by atoms with Gasteiger partial charge in [-0.2, -0.15) is 0 Å². The third kappa shape index (κ3) is 3.29. The van der Waals surface area contributed by atoms with E-state index in [1.807, 2.05) is 0 Å². The molecule has 0 saturated carbocycles. The Morgan fingerprint density at radius 2 is 2.54 bits per heavy atom. The number of anilines is 1. The quantitative estimate of drug-likeness (QED) is 0.694.